The number of piperazine rings is 1. The molecular formula is C16H23N3O3. The van der Waals surface area contributed by atoms with Crippen molar-refractivity contribution in [2.45, 2.75) is 38.3 Å². The van der Waals surface area contributed by atoms with Gasteiger partial charge in [0.25, 0.3) is 5.91 Å². The summed E-state index contributed by atoms with van der Waals surface area (Å²) in [6.07, 6.45) is 6.51. The van der Waals surface area contributed by atoms with Crippen LogP contribution in [0.4, 0.5) is 0 Å². The van der Waals surface area contributed by atoms with E-state index in [1.807, 2.05) is 4.90 Å². The molecule has 0 aromatic carbocycles. The van der Waals surface area contributed by atoms with Gasteiger partial charge in [-0.3, -0.25) is 14.5 Å². The number of piperidine rings is 1. The standard InChI is InChI=1S/C16H23N3O3/c1-12(17-15(20)13-5-9-22-11-13)16(21)19-8-7-18-6-3-2-4-14(18)10-19/h5,9,11-12,14H,2-4,6-8,10H2,1H3,(H,17,20). The first-order valence-corrected chi connectivity index (χ1v) is 8.01. The van der Waals surface area contributed by atoms with Crippen LogP contribution in [-0.4, -0.2) is 59.9 Å². The second kappa shape index (κ2) is 6.52. The van der Waals surface area contributed by atoms with Gasteiger partial charge in [0.15, 0.2) is 0 Å². The first kappa shape index (κ1) is 15.1. The van der Waals surface area contributed by atoms with Crippen molar-refractivity contribution in [1.29, 1.82) is 0 Å². The monoisotopic (exact) mass is 305 g/mol. The van der Waals surface area contributed by atoms with Crippen LogP contribution in [-0.2, 0) is 4.79 Å². The summed E-state index contributed by atoms with van der Waals surface area (Å²) in [5.41, 5.74) is 0.441. The van der Waals surface area contributed by atoms with Crippen LogP contribution in [0, 0.1) is 0 Å². The number of nitrogens with zero attached hydrogens (tertiary/aromatic N) is 2. The molecule has 2 amide bonds. The molecular weight excluding hydrogens is 282 g/mol. The van der Waals surface area contributed by atoms with Crippen molar-refractivity contribution in [3.63, 3.8) is 0 Å². The van der Waals surface area contributed by atoms with Crippen molar-refractivity contribution in [3.05, 3.63) is 24.2 Å². The second-order valence-electron chi connectivity index (χ2n) is 6.18. The normalized spacial score (nSPS) is 23.7. The largest absolute Gasteiger partial charge is 0.472 e. The minimum atomic E-state index is -0.516. The van der Waals surface area contributed by atoms with Crippen molar-refractivity contribution >= 4 is 11.8 Å². The average Bonchev–Trinajstić information content (AvgIpc) is 3.08. The van der Waals surface area contributed by atoms with E-state index in [0.717, 1.165) is 26.2 Å². The highest BCUT2D eigenvalue weighted by atomic mass is 16.3. The second-order valence-corrected chi connectivity index (χ2v) is 6.18. The average molecular weight is 305 g/mol. The Morgan fingerprint density at radius 1 is 1.32 bits per heavy atom. The molecule has 22 heavy (non-hydrogen) atoms. The van der Waals surface area contributed by atoms with Gasteiger partial charge in [-0.05, 0) is 32.4 Å². The van der Waals surface area contributed by atoms with Crippen LogP contribution in [0.1, 0.15) is 36.5 Å². The van der Waals surface area contributed by atoms with E-state index in [9.17, 15) is 9.59 Å². The highest BCUT2D eigenvalue weighted by Crippen LogP contribution is 2.21. The summed E-state index contributed by atoms with van der Waals surface area (Å²) in [6, 6.07) is 1.56. The van der Waals surface area contributed by atoms with E-state index in [2.05, 4.69) is 10.2 Å². The topological polar surface area (TPSA) is 65.8 Å². The number of fused-ring (bicyclic) bond motifs is 1. The molecule has 0 aliphatic carbocycles. The van der Waals surface area contributed by atoms with Gasteiger partial charge in [-0.25, -0.2) is 0 Å². The van der Waals surface area contributed by atoms with Crippen LogP contribution >= 0.6 is 0 Å². The van der Waals surface area contributed by atoms with Gasteiger partial charge in [-0.15, -0.1) is 0 Å². The van der Waals surface area contributed by atoms with Gasteiger partial charge >= 0.3 is 0 Å². The Balaban J connectivity index is 1.55. The SMILES string of the molecule is CC(NC(=O)c1ccoc1)C(=O)N1CCN2CCCCC2C1. The van der Waals surface area contributed by atoms with Crippen molar-refractivity contribution in [2.75, 3.05) is 26.2 Å². The van der Waals surface area contributed by atoms with Gasteiger partial charge in [-0.2, -0.15) is 0 Å². The number of amides is 2. The number of rotatable bonds is 3. The summed E-state index contributed by atoms with van der Waals surface area (Å²) in [5.74, 6) is -0.270. The third-order valence-electron chi connectivity index (χ3n) is 4.65. The summed E-state index contributed by atoms with van der Waals surface area (Å²) in [4.78, 5) is 28.9. The molecule has 0 saturated carbocycles. The summed E-state index contributed by atoms with van der Waals surface area (Å²) >= 11 is 0. The van der Waals surface area contributed by atoms with E-state index in [-0.39, 0.29) is 11.8 Å². The van der Waals surface area contributed by atoms with Gasteiger partial charge in [0, 0.05) is 25.7 Å². The quantitative estimate of drug-likeness (QED) is 0.908. The highest BCUT2D eigenvalue weighted by molar-refractivity contribution is 5.97. The fraction of sp³-hybridized carbons (Fsp3) is 0.625. The van der Waals surface area contributed by atoms with E-state index in [0.29, 0.717) is 11.6 Å². The zero-order valence-corrected chi connectivity index (χ0v) is 13.0. The number of carbonyl (C=O) groups excluding carboxylic acids is 2. The van der Waals surface area contributed by atoms with E-state index in [1.54, 1.807) is 13.0 Å². The van der Waals surface area contributed by atoms with E-state index < -0.39 is 6.04 Å². The Kier molecular flexibility index (Phi) is 4.47. The van der Waals surface area contributed by atoms with E-state index >= 15 is 0 Å². The summed E-state index contributed by atoms with van der Waals surface area (Å²) in [7, 11) is 0. The van der Waals surface area contributed by atoms with Crippen molar-refractivity contribution in [3.8, 4) is 0 Å². The Bertz CT molecular complexity index is 529. The summed E-state index contributed by atoms with van der Waals surface area (Å²) < 4.78 is 4.89. The maximum Gasteiger partial charge on any atom is 0.255 e. The van der Waals surface area contributed by atoms with Crippen molar-refractivity contribution in [2.24, 2.45) is 0 Å². The third kappa shape index (κ3) is 3.16. The van der Waals surface area contributed by atoms with Crippen LogP contribution in [0.5, 0.6) is 0 Å². The minimum absolute atomic E-state index is 0.00192. The Morgan fingerprint density at radius 3 is 2.95 bits per heavy atom. The lowest BCUT2D eigenvalue weighted by atomic mass is 9.99. The number of furan rings is 1. The molecule has 2 saturated heterocycles. The van der Waals surface area contributed by atoms with Gasteiger partial charge in [-0.1, -0.05) is 6.42 Å². The van der Waals surface area contributed by atoms with Gasteiger partial charge < -0.3 is 14.6 Å². The molecule has 1 aromatic heterocycles. The molecule has 3 heterocycles. The molecule has 2 atom stereocenters. The fourth-order valence-corrected chi connectivity index (χ4v) is 3.37. The zero-order valence-electron chi connectivity index (χ0n) is 13.0. The van der Waals surface area contributed by atoms with Gasteiger partial charge in [0.05, 0.1) is 11.8 Å². The number of nitrogens with one attached hydrogen (secondary N) is 1. The van der Waals surface area contributed by atoms with E-state index in [4.69, 9.17) is 4.42 Å². The molecule has 6 heteroatoms. The predicted molar refractivity (Wildman–Crippen MR) is 81.4 cm³/mol. The lowest BCUT2D eigenvalue weighted by molar-refractivity contribution is -0.136. The van der Waals surface area contributed by atoms with Crippen LogP contribution in [0.25, 0.3) is 0 Å². The van der Waals surface area contributed by atoms with Crippen LogP contribution < -0.4 is 5.32 Å². The van der Waals surface area contributed by atoms with Crippen LogP contribution in [0.15, 0.2) is 23.0 Å². The predicted octanol–water partition coefficient (Wildman–Crippen LogP) is 1.09. The number of carbonyl (C=O) groups is 2. The maximum atomic E-state index is 12.5. The first-order valence-electron chi connectivity index (χ1n) is 8.01. The molecule has 3 rings (SSSR count). The zero-order chi connectivity index (χ0) is 15.5. The lowest BCUT2D eigenvalue weighted by Crippen LogP contribution is -2.59. The molecule has 2 aliphatic rings. The van der Waals surface area contributed by atoms with E-state index in [1.165, 1.54) is 31.8 Å². The van der Waals surface area contributed by atoms with Crippen molar-refractivity contribution in [1.82, 2.24) is 15.1 Å². The number of hydrogen-bond acceptors (Lipinski definition) is 4. The molecule has 0 bridgehead atoms. The Labute approximate surface area is 130 Å². The molecule has 0 spiro atoms. The maximum absolute atomic E-state index is 12.5. The molecule has 1 aromatic rings. The summed E-state index contributed by atoms with van der Waals surface area (Å²) in [5, 5.41) is 2.75. The van der Waals surface area contributed by atoms with Crippen molar-refractivity contribution < 1.29 is 14.0 Å². The summed E-state index contributed by atoms with van der Waals surface area (Å²) in [6.45, 7) is 5.37. The smallest absolute Gasteiger partial charge is 0.255 e. The number of hydrogen-bond donors (Lipinski definition) is 1. The molecule has 2 unspecified atom stereocenters. The third-order valence-corrected chi connectivity index (χ3v) is 4.65. The highest BCUT2D eigenvalue weighted by Gasteiger charge is 2.32. The molecule has 2 fully saturated rings. The van der Waals surface area contributed by atoms with Gasteiger partial charge in [0.2, 0.25) is 5.91 Å². The Hall–Kier alpha value is -1.82. The Morgan fingerprint density at radius 2 is 2.18 bits per heavy atom. The molecule has 120 valence electrons. The molecule has 2 aliphatic heterocycles. The van der Waals surface area contributed by atoms with Gasteiger partial charge in [0.1, 0.15) is 12.3 Å². The fourth-order valence-electron chi connectivity index (χ4n) is 3.37. The molecule has 6 nitrogen and oxygen atoms in total. The van der Waals surface area contributed by atoms with Crippen LogP contribution in [0.2, 0.25) is 0 Å². The molecule has 0 radical (unpaired) electrons. The molecule has 1 N–H and O–H groups in total. The first-order chi connectivity index (χ1) is 10.6. The van der Waals surface area contributed by atoms with Crippen LogP contribution in [0.3, 0.4) is 0 Å². The lowest BCUT2D eigenvalue weighted by Gasteiger charge is -2.44. The minimum Gasteiger partial charge on any atom is -0.472 e.